The number of carbonyl (C=O) groups is 1. The maximum Gasteiger partial charge on any atom is 0.573 e. The molecule has 1 saturated heterocycles. The number of carbonyl (C=O) groups excluding carboxylic acids is 1. The number of amides is 1. The molecule has 1 fully saturated rings. The number of para-hydroxylation sites is 1. The van der Waals surface area contributed by atoms with Crippen LogP contribution in [0.4, 0.5) is 13.2 Å². The lowest BCUT2D eigenvalue weighted by Crippen LogP contribution is -2.51. The zero-order valence-electron chi connectivity index (χ0n) is 14.2. The Kier molecular flexibility index (Phi) is 5.51. The van der Waals surface area contributed by atoms with Crippen LogP contribution in [0, 0.1) is 5.92 Å². The number of phenols is 1. The summed E-state index contributed by atoms with van der Waals surface area (Å²) in [7, 11) is 0. The number of alkyl halides is 3. The molecular formula is C19H17ClF3NO3. The van der Waals surface area contributed by atoms with Gasteiger partial charge >= 0.3 is 6.36 Å². The number of phenolic OH excluding ortho intramolecular Hbond substituents is 1. The maximum absolute atomic E-state index is 12.5. The van der Waals surface area contributed by atoms with Crippen LogP contribution < -0.4 is 4.74 Å². The number of rotatable bonds is 5. The standard InChI is InChI=1S/C19H17ClF3NO3/c20-16-9-15(25)6-5-13(16)8-18(26)24-10-12(11-24)7-14-3-1-2-4-17(14)27-19(21,22)23/h1-6,9,12,25H,7-8,10-11H2. The first-order valence-electron chi connectivity index (χ1n) is 8.30. The number of hydrogen-bond donors (Lipinski definition) is 1. The van der Waals surface area contributed by atoms with Crippen LogP contribution in [0.15, 0.2) is 42.5 Å². The molecule has 0 spiro atoms. The van der Waals surface area contributed by atoms with E-state index in [1.165, 1.54) is 24.3 Å². The van der Waals surface area contributed by atoms with Crippen molar-refractivity contribution in [3.05, 3.63) is 58.6 Å². The molecule has 3 rings (SSSR count). The highest BCUT2D eigenvalue weighted by Gasteiger charge is 2.34. The lowest BCUT2D eigenvalue weighted by atomic mass is 9.91. The van der Waals surface area contributed by atoms with Gasteiger partial charge in [-0.2, -0.15) is 0 Å². The van der Waals surface area contributed by atoms with Gasteiger partial charge in [0.15, 0.2) is 0 Å². The Bertz CT molecular complexity index is 835. The van der Waals surface area contributed by atoms with E-state index < -0.39 is 6.36 Å². The third kappa shape index (κ3) is 5.07. The second-order valence-electron chi connectivity index (χ2n) is 6.48. The van der Waals surface area contributed by atoms with Crippen molar-refractivity contribution in [3.8, 4) is 11.5 Å². The van der Waals surface area contributed by atoms with Gasteiger partial charge in [-0.05, 0) is 41.7 Å². The Hall–Kier alpha value is -2.41. The summed E-state index contributed by atoms with van der Waals surface area (Å²) in [6.07, 6.45) is -4.23. The molecule has 0 aliphatic carbocycles. The molecule has 1 heterocycles. The average Bonchev–Trinajstić information content (AvgIpc) is 2.53. The van der Waals surface area contributed by atoms with Gasteiger partial charge in [0.2, 0.25) is 5.91 Å². The van der Waals surface area contributed by atoms with Crippen LogP contribution in [-0.4, -0.2) is 35.4 Å². The van der Waals surface area contributed by atoms with Gasteiger partial charge in [-0.1, -0.05) is 35.9 Å². The highest BCUT2D eigenvalue weighted by atomic mass is 35.5. The lowest BCUT2D eigenvalue weighted by Gasteiger charge is -2.39. The van der Waals surface area contributed by atoms with Crippen LogP contribution >= 0.6 is 11.6 Å². The van der Waals surface area contributed by atoms with E-state index in [2.05, 4.69) is 4.74 Å². The number of aromatic hydroxyl groups is 1. The normalized spacial score (nSPS) is 14.7. The number of ether oxygens (including phenoxy) is 1. The van der Waals surface area contributed by atoms with Crippen molar-refractivity contribution < 1.29 is 27.8 Å². The molecular weight excluding hydrogens is 383 g/mol. The first kappa shape index (κ1) is 19.4. The van der Waals surface area contributed by atoms with Crippen molar-refractivity contribution in [1.29, 1.82) is 0 Å². The van der Waals surface area contributed by atoms with Crippen LogP contribution in [0.1, 0.15) is 11.1 Å². The summed E-state index contributed by atoms with van der Waals surface area (Å²) in [5.74, 6) is -0.216. The zero-order valence-corrected chi connectivity index (χ0v) is 14.9. The molecule has 27 heavy (non-hydrogen) atoms. The number of likely N-dealkylation sites (tertiary alicyclic amines) is 1. The number of benzene rings is 2. The fraction of sp³-hybridized carbons (Fsp3) is 0.316. The molecule has 0 radical (unpaired) electrons. The molecule has 0 saturated carbocycles. The van der Waals surface area contributed by atoms with Crippen molar-refractivity contribution in [2.24, 2.45) is 5.92 Å². The maximum atomic E-state index is 12.5. The quantitative estimate of drug-likeness (QED) is 0.820. The molecule has 4 nitrogen and oxygen atoms in total. The van der Waals surface area contributed by atoms with Crippen molar-refractivity contribution in [1.82, 2.24) is 4.90 Å². The third-order valence-electron chi connectivity index (χ3n) is 4.40. The van der Waals surface area contributed by atoms with Crippen LogP contribution in [0.5, 0.6) is 11.5 Å². The molecule has 1 aliphatic heterocycles. The molecule has 8 heteroatoms. The molecule has 0 bridgehead atoms. The third-order valence-corrected chi connectivity index (χ3v) is 4.75. The summed E-state index contributed by atoms with van der Waals surface area (Å²) in [5.41, 5.74) is 1.08. The lowest BCUT2D eigenvalue weighted by molar-refractivity contribution is -0.274. The largest absolute Gasteiger partial charge is 0.573 e. The zero-order chi connectivity index (χ0) is 19.6. The SMILES string of the molecule is O=C(Cc1ccc(O)cc1Cl)N1CC(Cc2ccccc2OC(F)(F)F)C1. The highest BCUT2D eigenvalue weighted by Crippen LogP contribution is 2.30. The Labute approximate surface area is 159 Å². The molecule has 2 aromatic rings. The molecule has 1 amide bonds. The van der Waals surface area contributed by atoms with E-state index >= 15 is 0 Å². The van der Waals surface area contributed by atoms with Gasteiger partial charge in [-0.25, -0.2) is 0 Å². The Morgan fingerprint density at radius 3 is 2.56 bits per heavy atom. The predicted molar refractivity (Wildman–Crippen MR) is 93.7 cm³/mol. The van der Waals surface area contributed by atoms with Gasteiger partial charge in [-0.3, -0.25) is 4.79 Å². The van der Waals surface area contributed by atoms with E-state index in [0.717, 1.165) is 0 Å². The summed E-state index contributed by atoms with van der Waals surface area (Å²) in [4.78, 5) is 14.0. The van der Waals surface area contributed by atoms with Crippen LogP contribution in [0.25, 0.3) is 0 Å². The topological polar surface area (TPSA) is 49.8 Å². The van der Waals surface area contributed by atoms with Gasteiger partial charge in [0.1, 0.15) is 11.5 Å². The summed E-state index contributed by atoms with van der Waals surface area (Å²) in [5, 5.41) is 9.66. The van der Waals surface area contributed by atoms with Gasteiger partial charge in [0.05, 0.1) is 6.42 Å². The van der Waals surface area contributed by atoms with E-state index in [-0.39, 0.29) is 29.7 Å². The molecule has 144 valence electrons. The number of nitrogens with zero attached hydrogens (tertiary/aromatic N) is 1. The van der Waals surface area contributed by atoms with E-state index in [0.29, 0.717) is 35.7 Å². The van der Waals surface area contributed by atoms with Crippen molar-refractivity contribution >= 4 is 17.5 Å². The Morgan fingerprint density at radius 2 is 1.89 bits per heavy atom. The minimum Gasteiger partial charge on any atom is -0.508 e. The van der Waals surface area contributed by atoms with Crippen molar-refractivity contribution in [2.45, 2.75) is 19.2 Å². The van der Waals surface area contributed by atoms with E-state index in [9.17, 15) is 23.1 Å². The summed E-state index contributed by atoms with van der Waals surface area (Å²) < 4.78 is 41.5. The molecule has 0 unspecified atom stereocenters. The second-order valence-corrected chi connectivity index (χ2v) is 6.88. The number of hydrogen-bond acceptors (Lipinski definition) is 3. The first-order valence-corrected chi connectivity index (χ1v) is 8.68. The Balaban J connectivity index is 1.55. The van der Waals surface area contributed by atoms with Gasteiger partial charge in [-0.15, -0.1) is 13.2 Å². The highest BCUT2D eigenvalue weighted by molar-refractivity contribution is 6.31. The Morgan fingerprint density at radius 1 is 1.19 bits per heavy atom. The smallest absolute Gasteiger partial charge is 0.508 e. The van der Waals surface area contributed by atoms with Crippen LogP contribution in [0.2, 0.25) is 5.02 Å². The van der Waals surface area contributed by atoms with Gasteiger partial charge < -0.3 is 14.7 Å². The predicted octanol–water partition coefficient (Wildman–Crippen LogP) is 4.19. The molecule has 1 aliphatic rings. The number of halogens is 4. The second kappa shape index (κ2) is 7.68. The average molecular weight is 400 g/mol. The molecule has 0 atom stereocenters. The molecule has 1 N–H and O–H groups in total. The first-order chi connectivity index (χ1) is 12.7. The summed E-state index contributed by atoms with van der Waals surface area (Å²) >= 11 is 6.01. The fourth-order valence-corrected chi connectivity index (χ4v) is 3.31. The van der Waals surface area contributed by atoms with Gasteiger partial charge in [0.25, 0.3) is 0 Å². The molecule has 0 aromatic heterocycles. The minimum absolute atomic E-state index is 0.0277. The van der Waals surface area contributed by atoms with Crippen LogP contribution in [0.3, 0.4) is 0 Å². The van der Waals surface area contributed by atoms with Crippen molar-refractivity contribution in [3.63, 3.8) is 0 Å². The van der Waals surface area contributed by atoms with Crippen molar-refractivity contribution in [2.75, 3.05) is 13.1 Å². The minimum atomic E-state index is -4.74. The summed E-state index contributed by atoms with van der Waals surface area (Å²) in [6.45, 7) is 0.934. The van der Waals surface area contributed by atoms with Crippen LogP contribution in [-0.2, 0) is 17.6 Å². The van der Waals surface area contributed by atoms with E-state index in [1.54, 1.807) is 23.1 Å². The van der Waals surface area contributed by atoms with E-state index in [1.807, 2.05) is 0 Å². The van der Waals surface area contributed by atoms with E-state index in [4.69, 9.17) is 11.6 Å². The monoisotopic (exact) mass is 399 g/mol. The fourth-order valence-electron chi connectivity index (χ4n) is 3.06. The summed E-state index contributed by atoms with van der Waals surface area (Å²) in [6, 6.07) is 10.5. The molecule has 2 aromatic carbocycles. The van der Waals surface area contributed by atoms with Gasteiger partial charge in [0, 0.05) is 18.1 Å².